The van der Waals surface area contributed by atoms with Gasteiger partial charge in [0.25, 0.3) is 6.23 Å². The zero-order valence-electron chi connectivity index (χ0n) is 25.8. The molecule has 25 heteroatoms. The number of fused-ring (bicyclic) bond motifs is 1. The lowest BCUT2D eigenvalue weighted by atomic mass is 10.1. The number of nitrogen functional groups attached to an aromatic ring is 1. The van der Waals surface area contributed by atoms with Gasteiger partial charge in [-0.3, -0.25) is 23.2 Å². The summed E-state index contributed by atoms with van der Waals surface area (Å²) >= 11 is 0. The summed E-state index contributed by atoms with van der Waals surface area (Å²) in [5, 5.41) is 30.0. The number of aromatic carboxylic acids is 1. The average Bonchev–Trinajstić information content (AvgIpc) is 3.69. The molecule has 0 saturated carbocycles. The van der Waals surface area contributed by atoms with E-state index in [9.17, 15) is 48.6 Å². The monoisotopic (exact) mass is 749 g/mol. The van der Waals surface area contributed by atoms with Crippen molar-refractivity contribution in [3.8, 4) is 0 Å². The summed E-state index contributed by atoms with van der Waals surface area (Å²) in [6, 6.07) is 2.61. The van der Waals surface area contributed by atoms with Crippen LogP contribution in [0.15, 0.2) is 37.2 Å². The molecule has 50 heavy (non-hydrogen) atoms. The number of hydrogen-bond acceptors (Lipinski definition) is 18. The molecular weight excluding hydrogens is 718 g/mol. The minimum atomic E-state index is -5.50. The molecule has 2 saturated heterocycles. The van der Waals surface area contributed by atoms with Crippen molar-refractivity contribution in [3.05, 3.63) is 42.7 Å². The number of ether oxygens (including phenoxy) is 4. The van der Waals surface area contributed by atoms with E-state index in [2.05, 4.69) is 19.3 Å². The van der Waals surface area contributed by atoms with Gasteiger partial charge in [0, 0.05) is 19.9 Å². The zero-order chi connectivity index (χ0) is 36.5. The van der Waals surface area contributed by atoms with Crippen LogP contribution in [-0.2, 0) is 51.0 Å². The summed E-state index contributed by atoms with van der Waals surface area (Å²) in [6.45, 7) is 0.196. The van der Waals surface area contributed by atoms with Gasteiger partial charge < -0.3 is 49.8 Å². The normalized spacial score (nSPS) is 28.9. The molecule has 10 atom stereocenters. The van der Waals surface area contributed by atoms with Crippen molar-refractivity contribution in [3.63, 3.8) is 0 Å². The van der Waals surface area contributed by atoms with Crippen molar-refractivity contribution in [2.24, 2.45) is 0 Å². The van der Waals surface area contributed by atoms with Gasteiger partial charge in [0.2, 0.25) is 0 Å². The quantitative estimate of drug-likeness (QED) is 0.0673. The number of hydrogen-bond donors (Lipinski definition) is 6. The van der Waals surface area contributed by atoms with Gasteiger partial charge in [0.05, 0.1) is 19.5 Å². The van der Waals surface area contributed by atoms with Crippen LogP contribution in [0.1, 0.15) is 36.7 Å². The molecular formula is C25H31N6O17P2+. The van der Waals surface area contributed by atoms with Crippen molar-refractivity contribution < 1.29 is 85.5 Å². The fraction of sp³-hybridized carbons (Fsp3) is 0.480. The lowest BCUT2D eigenvalue weighted by Gasteiger charge is -2.24. The zero-order valence-corrected chi connectivity index (χ0v) is 27.6. The van der Waals surface area contributed by atoms with Gasteiger partial charge in [-0.05, 0) is 6.07 Å². The van der Waals surface area contributed by atoms with Crippen molar-refractivity contribution in [1.82, 2.24) is 19.5 Å². The number of nitrogens with zero attached hydrogens (tertiary/aromatic N) is 5. The Morgan fingerprint density at radius 1 is 0.960 bits per heavy atom. The number of pyridine rings is 1. The number of aromatic nitrogens is 5. The highest BCUT2D eigenvalue weighted by Crippen LogP contribution is 2.61. The molecule has 0 aromatic carbocycles. The Bertz CT molecular complexity index is 1860. The molecule has 0 radical (unpaired) electrons. The fourth-order valence-electron chi connectivity index (χ4n) is 5.18. The Kier molecular flexibility index (Phi) is 11.0. The van der Waals surface area contributed by atoms with Crippen molar-refractivity contribution >= 4 is 50.5 Å². The highest BCUT2D eigenvalue weighted by molar-refractivity contribution is 7.61. The third-order valence-corrected chi connectivity index (χ3v) is 9.86. The van der Waals surface area contributed by atoms with E-state index in [4.69, 9.17) is 33.7 Å². The van der Waals surface area contributed by atoms with Gasteiger partial charge in [0.15, 0.2) is 48.4 Å². The molecule has 7 N–H and O–H groups in total. The second-order valence-corrected chi connectivity index (χ2v) is 13.8. The maximum Gasteiger partial charge on any atom is 0.481 e. The van der Waals surface area contributed by atoms with Crippen LogP contribution in [0.25, 0.3) is 11.2 Å². The Morgan fingerprint density at radius 3 is 2.24 bits per heavy atom. The van der Waals surface area contributed by atoms with Crippen molar-refractivity contribution in [2.75, 3.05) is 18.9 Å². The fourth-order valence-corrected chi connectivity index (χ4v) is 7.27. The Morgan fingerprint density at radius 2 is 1.60 bits per heavy atom. The second kappa shape index (κ2) is 14.7. The summed E-state index contributed by atoms with van der Waals surface area (Å²) in [7, 11) is -11.0. The van der Waals surface area contributed by atoms with Crippen LogP contribution in [0.2, 0.25) is 0 Å². The van der Waals surface area contributed by atoms with E-state index in [0.717, 1.165) is 30.9 Å². The van der Waals surface area contributed by atoms with Crippen LogP contribution in [0.4, 0.5) is 5.82 Å². The molecule has 2 aliphatic heterocycles. The number of aliphatic hydroxyl groups excluding tert-OH is 2. The number of phosphoric ester groups is 2. The summed E-state index contributed by atoms with van der Waals surface area (Å²) in [5.74, 6) is -2.95. The van der Waals surface area contributed by atoms with Gasteiger partial charge in [-0.2, -0.15) is 8.88 Å². The molecule has 2 aliphatic rings. The van der Waals surface area contributed by atoms with Crippen molar-refractivity contribution in [1.29, 1.82) is 0 Å². The van der Waals surface area contributed by atoms with E-state index in [1.54, 1.807) is 0 Å². The first-order valence-electron chi connectivity index (χ1n) is 14.3. The minimum Gasteiger partial charge on any atom is -0.477 e. The van der Waals surface area contributed by atoms with E-state index < -0.39 is 95.8 Å². The molecule has 5 rings (SSSR count). The van der Waals surface area contributed by atoms with Crippen LogP contribution in [0, 0.1) is 0 Å². The molecule has 6 unspecified atom stereocenters. The molecule has 2 fully saturated rings. The molecule has 23 nitrogen and oxygen atoms in total. The Balaban J connectivity index is 1.25. The first kappa shape index (κ1) is 37.3. The second-order valence-electron chi connectivity index (χ2n) is 10.8. The Labute approximate surface area is 280 Å². The first-order valence-corrected chi connectivity index (χ1v) is 17.3. The molecule has 5 heterocycles. The number of imidazole rings is 1. The molecule has 3 aromatic rings. The third kappa shape index (κ3) is 8.30. The maximum absolute atomic E-state index is 12.8. The predicted octanol–water partition coefficient (Wildman–Crippen LogP) is -1.27. The molecule has 0 bridgehead atoms. The number of carboxylic acids is 1. The number of phosphoric acid groups is 2. The number of nitrogens with two attached hydrogens (primary N) is 1. The average molecular weight is 749 g/mol. The molecule has 272 valence electrons. The summed E-state index contributed by atoms with van der Waals surface area (Å²) < 4.78 is 63.8. The van der Waals surface area contributed by atoms with Crippen LogP contribution in [-0.4, -0.2) is 112 Å². The first-order chi connectivity index (χ1) is 23.5. The lowest BCUT2D eigenvalue weighted by molar-refractivity contribution is -0.765. The van der Waals surface area contributed by atoms with E-state index >= 15 is 0 Å². The van der Waals surface area contributed by atoms with E-state index in [1.165, 1.54) is 29.2 Å². The number of carboxylic acid groups (broad SMARTS) is 1. The summed E-state index contributed by atoms with van der Waals surface area (Å²) in [6.07, 6.45) is -7.04. The number of anilines is 1. The Hall–Kier alpha value is -3.99. The third-order valence-electron chi connectivity index (χ3n) is 7.26. The van der Waals surface area contributed by atoms with Gasteiger partial charge in [-0.25, -0.2) is 28.9 Å². The standard InChI is InChI=1S/C25H30N6O17P2/c1-11(32)44-19-15(47-24(20(19)45-12(2)33)31-10-29-16-21(26)27-9-28-22(16)31)8-43-50(40,41)48-49(38,39)42-7-14-17(34)18(35)23(46-14)30-5-3-4-13(6-30)25(36)37/h3-6,9-10,14-15,17-20,23-24,34-35H,7-8H2,1-2H3,(H4-,26,27,28,36,37,38,39,40,41)/p+1/t14-,15-,17?,18?,19?,20?,23-,24-/m1/s1. The summed E-state index contributed by atoms with van der Waals surface area (Å²) in [4.78, 5) is 67.8. The van der Waals surface area contributed by atoms with E-state index in [1.807, 2.05) is 0 Å². The largest absolute Gasteiger partial charge is 0.481 e. The number of carbonyl (C=O) groups is 3. The van der Waals surface area contributed by atoms with Crippen LogP contribution in [0.5, 0.6) is 0 Å². The molecule has 0 aliphatic carbocycles. The maximum atomic E-state index is 12.8. The number of rotatable bonds is 13. The lowest BCUT2D eigenvalue weighted by Crippen LogP contribution is -2.46. The SMILES string of the molecule is CC(=O)OC1C(OC(C)=O)[C@@H](COP(=O)(O)OP(=O)(O)OC[C@H]2O[C@@H]([n+]3cccc(C(=O)O)c3)C(O)C2O)O[C@H]1n1cnc2c(N)ncnc21. The van der Waals surface area contributed by atoms with Crippen molar-refractivity contribution in [2.45, 2.75) is 62.9 Å². The number of carbonyl (C=O) groups excluding carboxylic acids is 2. The molecule has 0 amide bonds. The molecule has 3 aromatic heterocycles. The van der Waals surface area contributed by atoms with Crippen LogP contribution >= 0.6 is 15.6 Å². The highest BCUT2D eigenvalue weighted by Gasteiger charge is 2.52. The number of aliphatic hydroxyl groups is 2. The van der Waals surface area contributed by atoms with Crippen LogP contribution in [0.3, 0.4) is 0 Å². The highest BCUT2D eigenvalue weighted by atomic mass is 31.3. The van der Waals surface area contributed by atoms with E-state index in [-0.39, 0.29) is 22.5 Å². The minimum absolute atomic E-state index is 0.00985. The summed E-state index contributed by atoms with van der Waals surface area (Å²) in [5.41, 5.74) is 5.96. The van der Waals surface area contributed by atoms with Crippen LogP contribution < -0.4 is 10.3 Å². The van der Waals surface area contributed by atoms with E-state index in [0.29, 0.717) is 0 Å². The number of esters is 2. The predicted molar refractivity (Wildman–Crippen MR) is 157 cm³/mol. The van der Waals surface area contributed by atoms with Gasteiger partial charge in [0.1, 0.15) is 35.7 Å². The van der Waals surface area contributed by atoms with Gasteiger partial charge in [-0.1, -0.05) is 0 Å². The van der Waals surface area contributed by atoms with Gasteiger partial charge >= 0.3 is 33.6 Å². The topological polar surface area (TPSA) is 325 Å². The smallest absolute Gasteiger partial charge is 0.477 e. The van der Waals surface area contributed by atoms with Gasteiger partial charge in [-0.15, -0.1) is 0 Å². The molecule has 0 spiro atoms.